The first kappa shape index (κ1) is 15.3. The summed E-state index contributed by atoms with van der Waals surface area (Å²) in [5, 5.41) is 28.7. The standard InChI is InChI=1S/C10H12N4O6.H2O/c15-1-3-5(16)6(17)9(20-3)14-2-11-4-7(14)12-10(19)13-8(4)18;/h2-3,5-6,9,15-17H,1H2,(H2,12,13,18,19);1H2. The topological polar surface area (TPSA) is 185 Å². The van der Waals surface area contributed by atoms with Gasteiger partial charge in [-0.25, -0.2) is 9.78 Å². The number of hydrogen-bond donors (Lipinski definition) is 5. The Morgan fingerprint density at radius 2 is 2.00 bits per heavy atom. The van der Waals surface area contributed by atoms with Gasteiger partial charge in [-0.3, -0.25) is 19.3 Å². The van der Waals surface area contributed by atoms with Gasteiger partial charge in [-0.15, -0.1) is 0 Å². The van der Waals surface area contributed by atoms with E-state index in [2.05, 4.69) is 9.97 Å². The van der Waals surface area contributed by atoms with Gasteiger partial charge in [-0.05, 0) is 0 Å². The van der Waals surface area contributed by atoms with Crippen molar-refractivity contribution in [3.63, 3.8) is 0 Å². The molecular formula is C10H14N4O7. The Morgan fingerprint density at radius 1 is 1.29 bits per heavy atom. The first-order chi connectivity index (χ1) is 9.52. The van der Waals surface area contributed by atoms with Crippen LogP contribution in [0.2, 0.25) is 0 Å². The van der Waals surface area contributed by atoms with E-state index >= 15 is 0 Å². The molecule has 1 fully saturated rings. The van der Waals surface area contributed by atoms with Crippen LogP contribution in [0.5, 0.6) is 0 Å². The van der Waals surface area contributed by atoms with Gasteiger partial charge in [0.15, 0.2) is 11.7 Å². The lowest BCUT2D eigenvalue weighted by Gasteiger charge is -2.16. The number of H-pyrrole nitrogens is 2. The molecule has 0 spiro atoms. The van der Waals surface area contributed by atoms with Crippen LogP contribution >= 0.6 is 0 Å². The first-order valence-corrected chi connectivity index (χ1v) is 5.84. The van der Waals surface area contributed by atoms with Crippen molar-refractivity contribution in [2.75, 3.05) is 6.61 Å². The third-order valence-electron chi connectivity index (χ3n) is 3.26. The van der Waals surface area contributed by atoms with Crippen molar-refractivity contribution in [2.24, 2.45) is 0 Å². The van der Waals surface area contributed by atoms with E-state index in [4.69, 9.17) is 9.84 Å². The molecule has 0 aliphatic carbocycles. The lowest BCUT2D eigenvalue weighted by atomic mass is 10.1. The summed E-state index contributed by atoms with van der Waals surface area (Å²) in [5.74, 6) is 0. The normalized spacial score (nSPS) is 28.7. The Kier molecular flexibility index (Phi) is 3.93. The fourth-order valence-corrected chi connectivity index (χ4v) is 2.25. The fourth-order valence-electron chi connectivity index (χ4n) is 2.25. The molecule has 4 unspecified atom stereocenters. The third-order valence-corrected chi connectivity index (χ3v) is 3.26. The molecule has 1 aliphatic heterocycles. The molecule has 0 bridgehead atoms. The molecule has 0 aromatic carbocycles. The molecule has 1 aliphatic rings. The maximum absolute atomic E-state index is 11.6. The summed E-state index contributed by atoms with van der Waals surface area (Å²) in [7, 11) is 0. The molecule has 11 heteroatoms. The molecule has 0 amide bonds. The average Bonchev–Trinajstić information content (AvgIpc) is 2.93. The van der Waals surface area contributed by atoms with Crippen molar-refractivity contribution in [1.29, 1.82) is 0 Å². The van der Waals surface area contributed by atoms with E-state index in [1.54, 1.807) is 0 Å². The SMILES string of the molecule is O.O=c1[nH]c(=O)c2ncn(C3OC(CO)C(O)C3O)c2[nH]1. The number of nitrogens with one attached hydrogen (secondary N) is 2. The van der Waals surface area contributed by atoms with Gasteiger partial charge in [-0.2, -0.15) is 0 Å². The van der Waals surface area contributed by atoms with Crippen LogP contribution < -0.4 is 11.2 Å². The summed E-state index contributed by atoms with van der Waals surface area (Å²) in [6.07, 6.45) is -3.43. The second-order valence-corrected chi connectivity index (χ2v) is 4.49. The van der Waals surface area contributed by atoms with Crippen LogP contribution in [0.4, 0.5) is 0 Å². The van der Waals surface area contributed by atoms with Gasteiger partial charge in [0.05, 0.1) is 12.9 Å². The number of aliphatic hydroxyl groups excluding tert-OH is 3. The molecule has 21 heavy (non-hydrogen) atoms. The van der Waals surface area contributed by atoms with Crippen molar-refractivity contribution in [3.8, 4) is 0 Å². The van der Waals surface area contributed by atoms with Crippen molar-refractivity contribution in [2.45, 2.75) is 24.5 Å². The van der Waals surface area contributed by atoms with Crippen LogP contribution in [0, 0.1) is 0 Å². The number of aromatic nitrogens is 4. The van der Waals surface area contributed by atoms with Gasteiger partial charge in [0, 0.05) is 0 Å². The van der Waals surface area contributed by atoms with E-state index in [1.165, 1.54) is 10.9 Å². The molecule has 0 saturated carbocycles. The molecule has 1 saturated heterocycles. The monoisotopic (exact) mass is 302 g/mol. The van der Waals surface area contributed by atoms with Crippen LogP contribution in [-0.4, -0.2) is 65.2 Å². The molecular weight excluding hydrogens is 288 g/mol. The minimum absolute atomic E-state index is 0. The van der Waals surface area contributed by atoms with Crippen LogP contribution in [0.1, 0.15) is 6.23 Å². The Morgan fingerprint density at radius 3 is 2.62 bits per heavy atom. The second-order valence-electron chi connectivity index (χ2n) is 4.49. The van der Waals surface area contributed by atoms with Crippen LogP contribution in [-0.2, 0) is 4.74 Å². The van der Waals surface area contributed by atoms with E-state index in [1.807, 2.05) is 4.98 Å². The first-order valence-electron chi connectivity index (χ1n) is 5.84. The molecule has 4 atom stereocenters. The zero-order chi connectivity index (χ0) is 14.4. The summed E-state index contributed by atoms with van der Waals surface area (Å²) in [5.41, 5.74) is -1.36. The van der Waals surface area contributed by atoms with Crippen molar-refractivity contribution < 1.29 is 25.5 Å². The highest BCUT2D eigenvalue weighted by atomic mass is 16.6. The van der Waals surface area contributed by atoms with Crippen molar-refractivity contribution in [1.82, 2.24) is 19.5 Å². The lowest BCUT2D eigenvalue weighted by Crippen LogP contribution is -2.33. The maximum atomic E-state index is 11.6. The molecule has 3 rings (SSSR count). The number of hydrogen-bond acceptors (Lipinski definition) is 7. The number of fused-ring (bicyclic) bond motifs is 1. The van der Waals surface area contributed by atoms with Crippen LogP contribution in [0.15, 0.2) is 15.9 Å². The molecule has 2 aromatic rings. The summed E-state index contributed by atoms with van der Waals surface area (Å²) >= 11 is 0. The predicted octanol–water partition coefficient (Wildman–Crippen LogP) is -3.80. The Bertz CT molecular complexity index is 750. The highest BCUT2D eigenvalue weighted by Crippen LogP contribution is 2.30. The number of rotatable bonds is 2. The highest BCUT2D eigenvalue weighted by Gasteiger charge is 2.43. The summed E-state index contributed by atoms with van der Waals surface area (Å²) in [6, 6.07) is 0. The van der Waals surface area contributed by atoms with Gasteiger partial charge < -0.3 is 25.5 Å². The molecule has 2 aromatic heterocycles. The van der Waals surface area contributed by atoms with Gasteiger partial charge in [0.25, 0.3) is 5.56 Å². The number of ether oxygens (including phenoxy) is 1. The van der Waals surface area contributed by atoms with E-state index in [0.29, 0.717) is 0 Å². The molecule has 116 valence electrons. The largest absolute Gasteiger partial charge is 0.412 e. The molecule has 3 heterocycles. The number of nitrogens with zero attached hydrogens (tertiary/aromatic N) is 2. The smallest absolute Gasteiger partial charge is 0.327 e. The quantitative estimate of drug-likeness (QED) is 0.376. The van der Waals surface area contributed by atoms with E-state index in [-0.39, 0.29) is 16.6 Å². The van der Waals surface area contributed by atoms with E-state index in [0.717, 1.165) is 0 Å². The van der Waals surface area contributed by atoms with E-state index in [9.17, 15) is 19.8 Å². The molecule has 7 N–H and O–H groups in total. The predicted molar refractivity (Wildman–Crippen MR) is 67.6 cm³/mol. The zero-order valence-corrected chi connectivity index (χ0v) is 10.6. The summed E-state index contributed by atoms with van der Waals surface area (Å²) in [6.45, 7) is -0.474. The Balaban J connectivity index is 0.00000161. The third kappa shape index (κ3) is 2.26. The number of aromatic amines is 2. The summed E-state index contributed by atoms with van der Waals surface area (Å²) in [4.78, 5) is 31.1. The van der Waals surface area contributed by atoms with Gasteiger partial charge in [0.1, 0.15) is 24.0 Å². The Labute approximate surface area is 115 Å². The highest BCUT2D eigenvalue weighted by molar-refractivity contribution is 5.68. The lowest BCUT2D eigenvalue weighted by molar-refractivity contribution is -0.0511. The molecule has 0 radical (unpaired) electrons. The van der Waals surface area contributed by atoms with Gasteiger partial charge >= 0.3 is 5.69 Å². The maximum Gasteiger partial charge on any atom is 0.327 e. The zero-order valence-electron chi connectivity index (χ0n) is 10.6. The van der Waals surface area contributed by atoms with Crippen LogP contribution in [0.3, 0.4) is 0 Å². The number of aliphatic hydroxyl groups is 3. The van der Waals surface area contributed by atoms with Crippen LogP contribution in [0.25, 0.3) is 11.2 Å². The van der Waals surface area contributed by atoms with Crippen molar-refractivity contribution >= 4 is 11.2 Å². The second kappa shape index (κ2) is 5.38. The average molecular weight is 302 g/mol. The van der Waals surface area contributed by atoms with Crippen molar-refractivity contribution in [3.05, 3.63) is 27.2 Å². The Hall–Kier alpha value is -2.05. The fraction of sp³-hybridized carbons (Fsp3) is 0.500. The molecule has 11 nitrogen and oxygen atoms in total. The minimum atomic E-state index is -1.33. The van der Waals surface area contributed by atoms with Gasteiger partial charge in [-0.1, -0.05) is 0 Å². The van der Waals surface area contributed by atoms with E-state index < -0.39 is 42.4 Å². The minimum Gasteiger partial charge on any atom is -0.412 e. The van der Waals surface area contributed by atoms with Gasteiger partial charge in [0.2, 0.25) is 0 Å². The summed E-state index contributed by atoms with van der Waals surface area (Å²) < 4.78 is 6.54. The number of imidazole rings is 1.